The van der Waals surface area contributed by atoms with Gasteiger partial charge in [-0.15, -0.1) is 24.8 Å². The second-order valence-electron chi connectivity index (χ2n) is 2.10. The van der Waals surface area contributed by atoms with Gasteiger partial charge in [0.2, 0.25) is 0 Å². The Hall–Kier alpha value is 0.01000. The molecule has 5 heteroatoms. The zero-order chi connectivity index (χ0) is 5.98. The van der Waals surface area contributed by atoms with Crippen LogP contribution in [0.4, 0.5) is 0 Å². The highest BCUT2D eigenvalue weighted by atomic mass is 35.5. The number of halogens is 2. The van der Waals surface area contributed by atoms with Crippen LogP contribution in [0.3, 0.4) is 0 Å². The molecule has 0 bridgehead atoms. The van der Waals surface area contributed by atoms with Crippen LogP contribution in [0, 0.1) is 5.41 Å². The number of amidine groups is 1. The molecule has 1 unspecified atom stereocenters. The molecule has 1 aliphatic heterocycles. The van der Waals surface area contributed by atoms with Gasteiger partial charge in [0.1, 0.15) is 5.84 Å². The van der Waals surface area contributed by atoms with Crippen molar-refractivity contribution in [3.05, 3.63) is 0 Å². The average Bonchev–Trinajstić information content (AvgIpc) is 2.12. The first-order chi connectivity index (χ1) is 3.80. The summed E-state index contributed by atoms with van der Waals surface area (Å²) in [5, 5.41) is 10.1. The van der Waals surface area contributed by atoms with Gasteiger partial charge in [0.15, 0.2) is 0 Å². The Morgan fingerprint density at radius 2 is 2.10 bits per heavy atom. The summed E-state index contributed by atoms with van der Waals surface area (Å²) in [5.74, 6) is 0.280. The Kier molecular flexibility index (Phi) is 7.31. The molecule has 0 saturated carbocycles. The molecule has 0 radical (unpaired) electrons. The summed E-state index contributed by atoms with van der Waals surface area (Å²) in [4.78, 5) is 0. The topological polar surface area (TPSA) is 61.9 Å². The molecule has 0 aromatic rings. The van der Waals surface area contributed by atoms with Crippen LogP contribution >= 0.6 is 24.8 Å². The fourth-order valence-corrected chi connectivity index (χ4v) is 0.950. The van der Waals surface area contributed by atoms with Gasteiger partial charge in [-0.25, -0.2) is 0 Å². The monoisotopic (exact) mass is 185 g/mol. The Labute approximate surface area is 73.1 Å². The van der Waals surface area contributed by atoms with E-state index in [0.717, 1.165) is 19.4 Å². The van der Waals surface area contributed by atoms with Gasteiger partial charge in [0.25, 0.3) is 0 Å². The Morgan fingerprint density at radius 3 is 2.30 bits per heavy atom. The van der Waals surface area contributed by atoms with E-state index in [1.807, 2.05) is 0 Å². The molecular formula is C5H13Cl2N3. The molecule has 0 aromatic carbocycles. The van der Waals surface area contributed by atoms with Gasteiger partial charge in [-0.3, -0.25) is 5.41 Å². The summed E-state index contributed by atoms with van der Waals surface area (Å²) in [7, 11) is 0. The minimum atomic E-state index is 0. The van der Waals surface area contributed by atoms with Gasteiger partial charge in [-0.05, 0) is 19.4 Å². The molecule has 1 aliphatic rings. The van der Waals surface area contributed by atoms with Crippen LogP contribution in [0.1, 0.15) is 12.8 Å². The highest BCUT2D eigenvalue weighted by Gasteiger charge is 2.15. The third-order valence-electron chi connectivity index (χ3n) is 1.44. The van der Waals surface area contributed by atoms with Crippen molar-refractivity contribution in [2.24, 2.45) is 5.73 Å². The molecule has 1 saturated heterocycles. The molecule has 1 heterocycles. The molecule has 1 rings (SSSR count). The van der Waals surface area contributed by atoms with E-state index >= 15 is 0 Å². The first kappa shape index (κ1) is 12.7. The minimum absolute atomic E-state index is 0. The molecule has 3 nitrogen and oxygen atoms in total. The number of hydrogen-bond donors (Lipinski definition) is 3. The van der Waals surface area contributed by atoms with Crippen LogP contribution in [0.15, 0.2) is 0 Å². The van der Waals surface area contributed by atoms with Gasteiger partial charge in [0, 0.05) is 0 Å². The van der Waals surface area contributed by atoms with Crippen LogP contribution in [0.5, 0.6) is 0 Å². The third kappa shape index (κ3) is 3.25. The van der Waals surface area contributed by atoms with Crippen molar-refractivity contribution in [1.29, 1.82) is 5.41 Å². The third-order valence-corrected chi connectivity index (χ3v) is 1.44. The van der Waals surface area contributed by atoms with Gasteiger partial charge in [-0.1, -0.05) is 0 Å². The van der Waals surface area contributed by atoms with E-state index in [1.165, 1.54) is 0 Å². The van der Waals surface area contributed by atoms with Crippen LogP contribution in [0.25, 0.3) is 0 Å². The highest BCUT2D eigenvalue weighted by Crippen LogP contribution is 2.02. The summed E-state index contributed by atoms with van der Waals surface area (Å²) in [6.45, 7) is 1.02. The van der Waals surface area contributed by atoms with E-state index in [4.69, 9.17) is 11.1 Å². The summed E-state index contributed by atoms with van der Waals surface area (Å²) >= 11 is 0. The molecule has 4 N–H and O–H groups in total. The van der Waals surface area contributed by atoms with Crippen molar-refractivity contribution in [2.75, 3.05) is 6.54 Å². The fourth-order valence-electron chi connectivity index (χ4n) is 0.950. The van der Waals surface area contributed by atoms with E-state index in [1.54, 1.807) is 0 Å². The van der Waals surface area contributed by atoms with Gasteiger partial charge < -0.3 is 11.1 Å². The molecule has 0 aliphatic carbocycles. The average molecular weight is 186 g/mol. The molecule has 10 heavy (non-hydrogen) atoms. The zero-order valence-electron chi connectivity index (χ0n) is 5.59. The molecule has 62 valence electrons. The number of rotatable bonds is 1. The first-order valence-electron chi connectivity index (χ1n) is 2.88. The highest BCUT2D eigenvalue weighted by molar-refractivity contribution is 5.85. The number of hydrogen-bond acceptors (Lipinski definition) is 2. The standard InChI is InChI=1S/C5H11N3.2ClH/c6-5(7)4-2-1-3-8-4;;/h4,8H,1-3H2,(H3,6,7);2*1H. The maximum absolute atomic E-state index is 7.01. The van der Waals surface area contributed by atoms with Crippen LogP contribution in [-0.2, 0) is 0 Å². The smallest absolute Gasteiger partial charge is 0.108 e. The number of nitrogens with two attached hydrogens (primary N) is 1. The van der Waals surface area contributed by atoms with E-state index in [0.29, 0.717) is 0 Å². The molecule has 0 spiro atoms. The second kappa shape index (κ2) is 5.77. The number of nitrogens with one attached hydrogen (secondary N) is 2. The molecule has 1 atom stereocenters. The van der Waals surface area contributed by atoms with E-state index in [-0.39, 0.29) is 36.7 Å². The molecule has 0 aromatic heterocycles. The van der Waals surface area contributed by atoms with Crippen molar-refractivity contribution in [1.82, 2.24) is 5.32 Å². The van der Waals surface area contributed by atoms with Crippen molar-refractivity contribution in [3.63, 3.8) is 0 Å². The molecule has 0 amide bonds. The molecule has 1 fully saturated rings. The van der Waals surface area contributed by atoms with Crippen LogP contribution < -0.4 is 11.1 Å². The normalized spacial score (nSPS) is 22.6. The Bertz CT molecular complexity index is 101. The molecular weight excluding hydrogens is 173 g/mol. The lowest BCUT2D eigenvalue weighted by molar-refractivity contribution is 0.752. The Balaban J connectivity index is 0. The summed E-state index contributed by atoms with van der Waals surface area (Å²) < 4.78 is 0. The lowest BCUT2D eigenvalue weighted by Crippen LogP contribution is -2.35. The van der Waals surface area contributed by atoms with E-state index < -0.39 is 0 Å². The summed E-state index contributed by atoms with van der Waals surface area (Å²) in [6, 6.07) is 0.176. The Morgan fingerprint density at radius 1 is 1.50 bits per heavy atom. The predicted molar refractivity (Wildman–Crippen MR) is 47.4 cm³/mol. The van der Waals surface area contributed by atoms with Gasteiger partial charge in [0.05, 0.1) is 6.04 Å². The van der Waals surface area contributed by atoms with Crippen LogP contribution in [0.2, 0.25) is 0 Å². The van der Waals surface area contributed by atoms with Gasteiger partial charge in [-0.2, -0.15) is 0 Å². The van der Waals surface area contributed by atoms with Gasteiger partial charge >= 0.3 is 0 Å². The quantitative estimate of drug-likeness (QED) is 0.413. The lowest BCUT2D eigenvalue weighted by Gasteiger charge is -2.04. The van der Waals surface area contributed by atoms with Crippen molar-refractivity contribution in [3.8, 4) is 0 Å². The summed E-state index contributed by atoms with van der Waals surface area (Å²) in [5.41, 5.74) is 5.22. The zero-order valence-corrected chi connectivity index (χ0v) is 7.23. The fraction of sp³-hybridized carbons (Fsp3) is 0.800. The minimum Gasteiger partial charge on any atom is -0.386 e. The maximum Gasteiger partial charge on any atom is 0.108 e. The lowest BCUT2D eigenvalue weighted by atomic mass is 10.2. The van der Waals surface area contributed by atoms with Crippen LogP contribution in [-0.4, -0.2) is 18.4 Å². The maximum atomic E-state index is 7.01. The van der Waals surface area contributed by atoms with Crippen molar-refractivity contribution < 1.29 is 0 Å². The van der Waals surface area contributed by atoms with Crippen molar-refractivity contribution >= 4 is 30.6 Å². The predicted octanol–water partition coefficient (Wildman–Crippen LogP) is 0.518. The summed E-state index contributed by atoms with van der Waals surface area (Å²) in [6.07, 6.45) is 2.19. The largest absolute Gasteiger partial charge is 0.386 e. The van der Waals surface area contributed by atoms with E-state index in [9.17, 15) is 0 Å². The SMILES string of the molecule is Cl.Cl.N=C(N)C1CCCN1. The second-order valence-corrected chi connectivity index (χ2v) is 2.10. The van der Waals surface area contributed by atoms with E-state index in [2.05, 4.69) is 5.32 Å². The first-order valence-corrected chi connectivity index (χ1v) is 2.88. The van der Waals surface area contributed by atoms with Crippen molar-refractivity contribution in [2.45, 2.75) is 18.9 Å².